The van der Waals surface area contributed by atoms with Crippen molar-refractivity contribution in [3.05, 3.63) is 53.1 Å². The second kappa shape index (κ2) is 5.98. The highest BCUT2D eigenvalue weighted by Crippen LogP contribution is 2.31. The lowest BCUT2D eigenvalue weighted by atomic mass is 10.1. The molecule has 1 saturated heterocycles. The molecule has 23 heavy (non-hydrogen) atoms. The molecular weight excluding hydrogens is 312 g/mol. The molecule has 3 rings (SSSR count). The molecule has 1 fully saturated rings. The smallest absolute Gasteiger partial charge is 0.206 e. The highest BCUT2D eigenvalue weighted by atomic mass is 32.2. The van der Waals surface area contributed by atoms with Gasteiger partial charge in [0.25, 0.3) is 0 Å². The van der Waals surface area contributed by atoms with Gasteiger partial charge in [0, 0.05) is 0 Å². The molecule has 2 aromatic carbocycles. The highest BCUT2D eigenvalue weighted by molar-refractivity contribution is 7.91. The van der Waals surface area contributed by atoms with Crippen LogP contribution in [0.3, 0.4) is 0 Å². The van der Waals surface area contributed by atoms with E-state index in [1.165, 1.54) is 0 Å². The predicted octanol–water partition coefficient (Wildman–Crippen LogP) is 3.22. The van der Waals surface area contributed by atoms with Crippen LogP contribution >= 0.6 is 0 Å². The zero-order valence-corrected chi connectivity index (χ0v) is 14.3. The van der Waals surface area contributed by atoms with Crippen LogP contribution in [0.2, 0.25) is 0 Å². The Balaban J connectivity index is 1.98. The van der Waals surface area contributed by atoms with Gasteiger partial charge in [-0.05, 0) is 55.7 Å². The van der Waals surface area contributed by atoms with Crippen LogP contribution in [0, 0.1) is 20.8 Å². The van der Waals surface area contributed by atoms with E-state index >= 15 is 0 Å². The third kappa shape index (κ3) is 3.26. The summed E-state index contributed by atoms with van der Waals surface area (Å²) in [5.74, 6) is 0.740. The third-order valence-corrected chi connectivity index (χ3v) is 5.84. The van der Waals surface area contributed by atoms with E-state index in [9.17, 15) is 8.42 Å². The average molecular weight is 332 g/mol. The number of rotatable bonds is 5. The first-order valence-corrected chi connectivity index (χ1v) is 9.04. The minimum absolute atomic E-state index is 0.171. The number of hydrogen-bond donors (Lipinski definition) is 0. The molecule has 0 aliphatic carbocycles. The van der Waals surface area contributed by atoms with Crippen molar-refractivity contribution in [2.24, 2.45) is 0 Å². The second-order valence-electron chi connectivity index (χ2n) is 5.92. The first-order chi connectivity index (χ1) is 10.9. The van der Waals surface area contributed by atoms with Gasteiger partial charge in [0.2, 0.25) is 9.84 Å². The van der Waals surface area contributed by atoms with Crippen LogP contribution in [0.4, 0.5) is 0 Å². The number of sulfone groups is 1. The summed E-state index contributed by atoms with van der Waals surface area (Å²) in [6.45, 7) is 6.78. The molecule has 4 nitrogen and oxygen atoms in total. The second-order valence-corrected chi connectivity index (χ2v) is 7.84. The third-order valence-electron chi connectivity index (χ3n) is 3.94. The predicted molar refractivity (Wildman–Crippen MR) is 87.8 cm³/mol. The lowest BCUT2D eigenvalue weighted by Gasteiger charge is -2.14. The fourth-order valence-corrected chi connectivity index (χ4v) is 4.29. The zero-order chi connectivity index (χ0) is 16.6. The molecule has 0 amide bonds. The fourth-order valence-electron chi connectivity index (χ4n) is 2.62. The van der Waals surface area contributed by atoms with Crippen LogP contribution in [0.15, 0.2) is 46.2 Å². The molecule has 0 saturated carbocycles. The first kappa shape index (κ1) is 16.0. The quantitative estimate of drug-likeness (QED) is 0.789. The van der Waals surface area contributed by atoms with Crippen LogP contribution in [0.5, 0.6) is 5.75 Å². The van der Waals surface area contributed by atoms with Crippen molar-refractivity contribution in [3.8, 4) is 5.75 Å². The Bertz CT molecular complexity index is 813. The summed E-state index contributed by atoms with van der Waals surface area (Å²) in [6, 6.07) is 10.4. The molecule has 1 aliphatic rings. The van der Waals surface area contributed by atoms with Crippen molar-refractivity contribution in [2.45, 2.75) is 36.7 Å². The van der Waals surface area contributed by atoms with E-state index in [0.717, 1.165) is 29.0 Å². The van der Waals surface area contributed by atoms with Crippen molar-refractivity contribution in [1.29, 1.82) is 0 Å². The van der Waals surface area contributed by atoms with Crippen LogP contribution in [-0.2, 0) is 14.6 Å². The Morgan fingerprint density at radius 1 is 1.09 bits per heavy atom. The standard InChI is InChI=1S/C18H20O4S/c1-12-6-4-5-7-17(12)23(19,20)16-8-13(2)18(14(3)9-16)22-11-15-10-21-15/h4-9,15H,10-11H2,1-3H3. The monoisotopic (exact) mass is 332 g/mol. The number of ether oxygens (including phenoxy) is 2. The number of aryl methyl sites for hydroxylation is 3. The molecule has 1 aliphatic heterocycles. The van der Waals surface area contributed by atoms with Gasteiger partial charge in [-0.3, -0.25) is 0 Å². The Hall–Kier alpha value is -1.85. The molecule has 0 bridgehead atoms. The summed E-state index contributed by atoms with van der Waals surface area (Å²) in [7, 11) is -3.53. The Kier molecular flexibility index (Phi) is 4.17. The largest absolute Gasteiger partial charge is 0.490 e. The van der Waals surface area contributed by atoms with Gasteiger partial charge in [-0.15, -0.1) is 0 Å². The number of epoxide rings is 1. The maximum atomic E-state index is 12.9. The first-order valence-electron chi connectivity index (χ1n) is 7.56. The van der Waals surface area contributed by atoms with Gasteiger partial charge < -0.3 is 9.47 Å². The van der Waals surface area contributed by atoms with Crippen LogP contribution in [-0.4, -0.2) is 27.7 Å². The summed E-state index contributed by atoms with van der Waals surface area (Å²) in [5, 5.41) is 0. The van der Waals surface area contributed by atoms with Gasteiger partial charge >= 0.3 is 0 Å². The lowest BCUT2D eigenvalue weighted by molar-refractivity contribution is 0.260. The normalized spacial score (nSPS) is 17.1. The summed E-state index contributed by atoms with van der Waals surface area (Å²) in [4.78, 5) is 0.649. The minimum atomic E-state index is -3.53. The van der Waals surface area contributed by atoms with Crippen molar-refractivity contribution in [3.63, 3.8) is 0 Å². The van der Waals surface area contributed by atoms with Crippen LogP contribution in [0.25, 0.3) is 0 Å². The SMILES string of the molecule is Cc1ccccc1S(=O)(=O)c1cc(C)c(OCC2CO2)c(C)c1. The summed E-state index contributed by atoms with van der Waals surface area (Å²) < 4.78 is 36.7. The highest BCUT2D eigenvalue weighted by Gasteiger charge is 2.25. The van der Waals surface area contributed by atoms with E-state index < -0.39 is 9.84 Å². The van der Waals surface area contributed by atoms with Gasteiger partial charge in [0.1, 0.15) is 18.5 Å². The summed E-state index contributed by atoms with van der Waals surface area (Å²) >= 11 is 0. The molecule has 0 N–H and O–H groups in total. The molecule has 0 spiro atoms. The van der Waals surface area contributed by atoms with Crippen molar-refractivity contribution >= 4 is 9.84 Å². The van der Waals surface area contributed by atoms with Gasteiger partial charge in [-0.1, -0.05) is 18.2 Å². The Morgan fingerprint density at radius 2 is 1.70 bits per heavy atom. The van der Waals surface area contributed by atoms with E-state index in [2.05, 4.69) is 0 Å². The summed E-state index contributed by atoms with van der Waals surface area (Å²) in [6.07, 6.45) is 0.171. The maximum absolute atomic E-state index is 12.9. The van der Waals surface area contributed by atoms with Crippen LogP contribution < -0.4 is 4.74 Å². The molecule has 0 aromatic heterocycles. The Labute approximate surface area is 137 Å². The number of hydrogen-bond acceptors (Lipinski definition) is 4. The molecule has 1 atom stereocenters. The Morgan fingerprint density at radius 3 is 2.26 bits per heavy atom. The van der Waals surface area contributed by atoms with Gasteiger partial charge in [0.15, 0.2) is 0 Å². The van der Waals surface area contributed by atoms with Gasteiger partial charge in [-0.25, -0.2) is 8.42 Å². The van der Waals surface area contributed by atoms with Crippen molar-refractivity contribution in [1.82, 2.24) is 0 Å². The van der Waals surface area contributed by atoms with E-state index in [-0.39, 0.29) is 6.10 Å². The van der Waals surface area contributed by atoms with Crippen molar-refractivity contribution < 1.29 is 17.9 Å². The van der Waals surface area contributed by atoms with Gasteiger partial charge in [-0.2, -0.15) is 0 Å². The van der Waals surface area contributed by atoms with Gasteiger partial charge in [0.05, 0.1) is 16.4 Å². The topological polar surface area (TPSA) is 55.9 Å². The van der Waals surface area contributed by atoms with E-state index in [4.69, 9.17) is 9.47 Å². The van der Waals surface area contributed by atoms with E-state index in [1.54, 1.807) is 37.3 Å². The van der Waals surface area contributed by atoms with E-state index in [1.807, 2.05) is 19.9 Å². The average Bonchev–Trinajstić information content (AvgIpc) is 3.30. The molecule has 1 heterocycles. The molecule has 5 heteroatoms. The van der Waals surface area contributed by atoms with E-state index in [0.29, 0.717) is 16.4 Å². The minimum Gasteiger partial charge on any atom is -0.490 e. The van der Waals surface area contributed by atoms with Crippen LogP contribution in [0.1, 0.15) is 16.7 Å². The molecule has 2 aromatic rings. The van der Waals surface area contributed by atoms with Crippen molar-refractivity contribution in [2.75, 3.05) is 13.2 Å². The molecule has 0 radical (unpaired) electrons. The zero-order valence-electron chi connectivity index (χ0n) is 13.5. The molecular formula is C18H20O4S. The summed E-state index contributed by atoms with van der Waals surface area (Å²) in [5.41, 5.74) is 2.38. The maximum Gasteiger partial charge on any atom is 0.206 e. The lowest BCUT2D eigenvalue weighted by Crippen LogP contribution is -2.09. The number of benzene rings is 2. The fraction of sp³-hybridized carbons (Fsp3) is 0.333. The molecule has 122 valence electrons. The molecule has 1 unspecified atom stereocenters.